The molecular formula is C14H12BrN3OS. The fraction of sp³-hybridized carbons (Fsp3) is 0.143. The van der Waals surface area contributed by atoms with Crippen LogP contribution in [0, 0.1) is 0 Å². The average molecular weight is 350 g/mol. The molecule has 2 aromatic heterocycles. The lowest BCUT2D eigenvalue weighted by atomic mass is 10.3. The first-order valence-electron chi connectivity index (χ1n) is 6.19. The molecule has 1 amide bonds. The molecule has 2 heterocycles. The third kappa shape index (κ3) is 2.91. The Morgan fingerprint density at radius 2 is 2.15 bits per heavy atom. The summed E-state index contributed by atoms with van der Waals surface area (Å²) in [6.07, 6.45) is 0.687. The van der Waals surface area contributed by atoms with E-state index in [0.717, 1.165) is 20.6 Å². The second-order valence-corrected chi connectivity index (χ2v) is 6.77. The van der Waals surface area contributed by atoms with Crippen LogP contribution in [0.1, 0.15) is 15.5 Å². The zero-order valence-electron chi connectivity index (χ0n) is 10.5. The summed E-state index contributed by atoms with van der Waals surface area (Å²) in [6, 6.07) is 11.6. The van der Waals surface area contributed by atoms with Gasteiger partial charge in [0.15, 0.2) is 0 Å². The number of hydrogen-bond acceptors (Lipinski definition) is 3. The first kappa shape index (κ1) is 13.3. The van der Waals surface area contributed by atoms with Crippen LogP contribution in [0.5, 0.6) is 0 Å². The Labute approximate surface area is 128 Å². The number of carbonyl (C=O) groups is 1. The number of amides is 1. The van der Waals surface area contributed by atoms with Crippen molar-refractivity contribution >= 4 is 44.2 Å². The van der Waals surface area contributed by atoms with Crippen LogP contribution >= 0.6 is 27.3 Å². The lowest BCUT2D eigenvalue weighted by molar-refractivity contribution is 0.0958. The molecule has 0 fully saturated rings. The van der Waals surface area contributed by atoms with Crippen LogP contribution in [0.3, 0.4) is 0 Å². The van der Waals surface area contributed by atoms with Crippen molar-refractivity contribution in [1.82, 2.24) is 15.3 Å². The molecule has 0 saturated carbocycles. The minimum atomic E-state index is -0.0446. The second-order valence-electron chi connectivity index (χ2n) is 4.31. The maximum atomic E-state index is 11.9. The molecule has 0 aliphatic carbocycles. The van der Waals surface area contributed by atoms with Crippen LogP contribution in [-0.2, 0) is 6.42 Å². The van der Waals surface area contributed by atoms with Gasteiger partial charge in [0, 0.05) is 13.0 Å². The molecule has 2 N–H and O–H groups in total. The predicted octanol–water partition coefficient (Wildman–Crippen LogP) is 3.36. The van der Waals surface area contributed by atoms with Gasteiger partial charge in [0.1, 0.15) is 5.82 Å². The molecule has 3 aromatic rings. The molecular weight excluding hydrogens is 338 g/mol. The van der Waals surface area contributed by atoms with E-state index in [4.69, 9.17) is 0 Å². The summed E-state index contributed by atoms with van der Waals surface area (Å²) in [4.78, 5) is 20.3. The molecule has 0 unspecified atom stereocenters. The highest BCUT2D eigenvalue weighted by atomic mass is 79.9. The van der Waals surface area contributed by atoms with Crippen LogP contribution in [0.25, 0.3) is 11.0 Å². The summed E-state index contributed by atoms with van der Waals surface area (Å²) in [5.41, 5.74) is 1.98. The molecule has 0 atom stereocenters. The van der Waals surface area contributed by atoms with E-state index in [-0.39, 0.29) is 5.91 Å². The SMILES string of the molecule is O=C(NCCc1nc2ccccc2[nH]1)c1ccc(Br)s1. The van der Waals surface area contributed by atoms with Crippen LogP contribution in [0.4, 0.5) is 0 Å². The minimum absolute atomic E-state index is 0.0446. The Hall–Kier alpha value is -1.66. The van der Waals surface area contributed by atoms with Crippen molar-refractivity contribution in [2.75, 3.05) is 6.54 Å². The number of benzene rings is 1. The first-order chi connectivity index (χ1) is 9.72. The number of nitrogens with one attached hydrogen (secondary N) is 2. The quantitative estimate of drug-likeness (QED) is 0.758. The first-order valence-corrected chi connectivity index (χ1v) is 7.80. The number of imidazole rings is 1. The van der Waals surface area contributed by atoms with Crippen molar-refractivity contribution in [1.29, 1.82) is 0 Å². The molecule has 0 spiro atoms. The Bertz CT molecular complexity index is 717. The zero-order chi connectivity index (χ0) is 13.9. The Morgan fingerprint density at radius 1 is 1.30 bits per heavy atom. The zero-order valence-corrected chi connectivity index (χ0v) is 12.9. The second kappa shape index (κ2) is 5.76. The van der Waals surface area contributed by atoms with Gasteiger partial charge in [0.05, 0.1) is 19.7 Å². The lowest BCUT2D eigenvalue weighted by Crippen LogP contribution is -2.25. The number of fused-ring (bicyclic) bond motifs is 1. The molecule has 0 saturated heterocycles. The number of aromatic amines is 1. The molecule has 0 aliphatic rings. The van der Waals surface area contributed by atoms with Crippen molar-refractivity contribution in [3.8, 4) is 0 Å². The number of halogens is 1. The van der Waals surface area contributed by atoms with E-state index in [9.17, 15) is 4.79 Å². The topological polar surface area (TPSA) is 57.8 Å². The average Bonchev–Trinajstić information content (AvgIpc) is 3.04. The van der Waals surface area contributed by atoms with Gasteiger partial charge < -0.3 is 10.3 Å². The standard InChI is InChI=1S/C14H12BrN3OS/c15-12-6-5-11(20-12)14(19)16-8-7-13-17-9-3-1-2-4-10(9)18-13/h1-6H,7-8H2,(H,16,19)(H,17,18). The van der Waals surface area contributed by atoms with Gasteiger partial charge in [-0.3, -0.25) is 4.79 Å². The van der Waals surface area contributed by atoms with Gasteiger partial charge in [0.2, 0.25) is 0 Å². The summed E-state index contributed by atoms with van der Waals surface area (Å²) in [5, 5.41) is 2.90. The van der Waals surface area contributed by atoms with Gasteiger partial charge in [-0.1, -0.05) is 12.1 Å². The summed E-state index contributed by atoms with van der Waals surface area (Å²) in [5.74, 6) is 0.843. The number of hydrogen-bond donors (Lipinski definition) is 2. The molecule has 4 nitrogen and oxygen atoms in total. The van der Waals surface area contributed by atoms with Gasteiger partial charge in [-0.05, 0) is 40.2 Å². The molecule has 0 aliphatic heterocycles. The van der Waals surface area contributed by atoms with Crippen molar-refractivity contribution in [2.24, 2.45) is 0 Å². The fourth-order valence-electron chi connectivity index (χ4n) is 1.94. The monoisotopic (exact) mass is 349 g/mol. The van der Waals surface area contributed by atoms with E-state index in [2.05, 4.69) is 31.2 Å². The van der Waals surface area contributed by atoms with Crippen LogP contribution in [0.2, 0.25) is 0 Å². The van der Waals surface area contributed by atoms with E-state index in [1.165, 1.54) is 11.3 Å². The smallest absolute Gasteiger partial charge is 0.261 e. The number of H-pyrrole nitrogens is 1. The molecule has 6 heteroatoms. The van der Waals surface area contributed by atoms with Gasteiger partial charge in [-0.25, -0.2) is 4.98 Å². The fourth-order valence-corrected chi connectivity index (χ4v) is 3.24. The van der Waals surface area contributed by atoms with E-state index in [0.29, 0.717) is 17.8 Å². The van der Waals surface area contributed by atoms with E-state index in [1.54, 1.807) is 0 Å². The number of nitrogens with zero attached hydrogens (tertiary/aromatic N) is 1. The molecule has 20 heavy (non-hydrogen) atoms. The van der Waals surface area contributed by atoms with Gasteiger partial charge in [0.25, 0.3) is 5.91 Å². The maximum Gasteiger partial charge on any atom is 0.261 e. The highest BCUT2D eigenvalue weighted by molar-refractivity contribution is 9.11. The third-order valence-electron chi connectivity index (χ3n) is 2.88. The van der Waals surface area contributed by atoms with Crippen molar-refractivity contribution in [3.05, 3.63) is 50.9 Å². The Morgan fingerprint density at radius 3 is 2.90 bits per heavy atom. The number of aromatic nitrogens is 2. The van der Waals surface area contributed by atoms with Crippen molar-refractivity contribution in [2.45, 2.75) is 6.42 Å². The number of para-hydroxylation sites is 2. The van der Waals surface area contributed by atoms with Gasteiger partial charge in [-0.15, -0.1) is 11.3 Å². The van der Waals surface area contributed by atoms with E-state index in [1.807, 2.05) is 36.4 Å². The molecule has 3 rings (SSSR count). The van der Waals surface area contributed by atoms with Gasteiger partial charge in [-0.2, -0.15) is 0 Å². The van der Waals surface area contributed by atoms with E-state index < -0.39 is 0 Å². The highest BCUT2D eigenvalue weighted by Crippen LogP contribution is 2.21. The number of thiophene rings is 1. The number of carbonyl (C=O) groups excluding carboxylic acids is 1. The van der Waals surface area contributed by atoms with Crippen molar-refractivity contribution in [3.63, 3.8) is 0 Å². The molecule has 0 radical (unpaired) electrons. The highest BCUT2D eigenvalue weighted by Gasteiger charge is 2.08. The lowest BCUT2D eigenvalue weighted by Gasteiger charge is -2.01. The largest absolute Gasteiger partial charge is 0.351 e. The molecule has 1 aromatic carbocycles. The number of rotatable bonds is 4. The summed E-state index contributed by atoms with van der Waals surface area (Å²) < 4.78 is 0.958. The Kier molecular flexibility index (Phi) is 3.84. The van der Waals surface area contributed by atoms with Crippen LogP contribution in [-0.4, -0.2) is 22.4 Å². The summed E-state index contributed by atoms with van der Waals surface area (Å²) >= 11 is 4.78. The Balaban J connectivity index is 1.58. The predicted molar refractivity (Wildman–Crippen MR) is 84.1 cm³/mol. The van der Waals surface area contributed by atoms with Crippen LogP contribution < -0.4 is 5.32 Å². The molecule has 0 bridgehead atoms. The summed E-state index contributed by atoms with van der Waals surface area (Å²) in [7, 11) is 0. The molecule has 102 valence electrons. The third-order valence-corrected chi connectivity index (χ3v) is 4.51. The van der Waals surface area contributed by atoms with Gasteiger partial charge >= 0.3 is 0 Å². The van der Waals surface area contributed by atoms with E-state index >= 15 is 0 Å². The summed E-state index contributed by atoms with van der Waals surface area (Å²) in [6.45, 7) is 0.564. The maximum absolute atomic E-state index is 11.9. The van der Waals surface area contributed by atoms with Crippen molar-refractivity contribution < 1.29 is 4.79 Å². The normalized spacial score (nSPS) is 10.8. The van der Waals surface area contributed by atoms with Crippen LogP contribution in [0.15, 0.2) is 40.2 Å². The minimum Gasteiger partial charge on any atom is -0.351 e.